The third kappa shape index (κ3) is 3.50. The van der Waals surface area contributed by atoms with Gasteiger partial charge in [0.05, 0.1) is 22.7 Å². The zero-order valence-corrected chi connectivity index (χ0v) is 15.3. The molecule has 0 aliphatic rings. The van der Waals surface area contributed by atoms with Gasteiger partial charge in [0.2, 0.25) is 0 Å². The Balaban J connectivity index is 2.06. The molecular weight excluding hydrogens is 332 g/mol. The van der Waals surface area contributed by atoms with E-state index in [4.69, 9.17) is 16.3 Å². The quantitative estimate of drug-likeness (QED) is 0.554. The lowest BCUT2D eigenvalue weighted by atomic mass is 10.1. The first-order valence-corrected chi connectivity index (χ1v) is 9.02. The summed E-state index contributed by atoms with van der Waals surface area (Å²) in [6.07, 6.45) is 5.09. The van der Waals surface area contributed by atoms with Gasteiger partial charge < -0.3 is 9.30 Å². The molecule has 0 spiro atoms. The lowest BCUT2D eigenvalue weighted by Crippen LogP contribution is -2.00. The molecule has 3 aromatic rings. The van der Waals surface area contributed by atoms with E-state index in [1.165, 1.54) is 10.9 Å². The summed E-state index contributed by atoms with van der Waals surface area (Å²) in [7, 11) is 0. The van der Waals surface area contributed by atoms with Crippen molar-refractivity contribution < 1.29 is 4.74 Å². The van der Waals surface area contributed by atoms with Crippen LogP contribution in [0.25, 0.3) is 16.6 Å². The van der Waals surface area contributed by atoms with Crippen molar-refractivity contribution in [3.63, 3.8) is 0 Å². The molecule has 0 N–H and O–H groups in total. The van der Waals surface area contributed by atoms with E-state index in [2.05, 4.69) is 41.8 Å². The number of hydrogen-bond acceptors (Lipinski definition) is 2. The minimum absolute atomic E-state index is 0.459. The minimum Gasteiger partial charge on any atom is -0.491 e. The Kier molecular flexibility index (Phi) is 5.31. The van der Waals surface area contributed by atoms with Crippen molar-refractivity contribution in [3.05, 3.63) is 58.7 Å². The van der Waals surface area contributed by atoms with Crippen LogP contribution < -0.4 is 4.74 Å². The van der Waals surface area contributed by atoms with Crippen molar-refractivity contribution in [1.82, 2.24) is 4.57 Å². The average Bonchev–Trinajstić information content (AvgIpc) is 3.03. The van der Waals surface area contributed by atoms with Gasteiger partial charge in [-0.05, 0) is 48.7 Å². The maximum absolute atomic E-state index is 9.47. The zero-order valence-electron chi connectivity index (χ0n) is 14.6. The van der Waals surface area contributed by atoms with Crippen molar-refractivity contribution in [2.24, 2.45) is 0 Å². The standard InChI is InChI=1S/C21H21ClN2O/c1-3-5-15-6-7-20-16(11-15)8-9-24(20)18-12-17(14-23)21(19(22)13-18)25-10-4-2/h6-9,11-13H,3-5,10H2,1-2H3. The second-order valence-corrected chi connectivity index (χ2v) is 6.50. The highest BCUT2D eigenvalue weighted by Crippen LogP contribution is 2.33. The molecule has 25 heavy (non-hydrogen) atoms. The van der Waals surface area contributed by atoms with Crippen molar-refractivity contribution in [3.8, 4) is 17.5 Å². The summed E-state index contributed by atoms with van der Waals surface area (Å²) in [6.45, 7) is 4.75. The number of nitrogens with zero attached hydrogens (tertiary/aromatic N) is 2. The summed E-state index contributed by atoms with van der Waals surface area (Å²) in [4.78, 5) is 0. The number of rotatable bonds is 6. The van der Waals surface area contributed by atoms with E-state index in [-0.39, 0.29) is 0 Å². The van der Waals surface area contributed by atoms with Crippen LogP contribution in [0.4, 0.5) is 0 Å². The Morgan fingerprint density at radius 3 is 2.68 bits per heavy atom. The van der Waals surface area contributed by atoms with Crippen molar-refractivity contribution in [2.75, 3.05) is 6.61 Å². The third-order valence-electron chi connectivity index (χ3n) is 4.17. The van der Waals surface area contributed by atoms with E-state index in [9.17, 15) is 5.26 Å². The molecule has 0 fully saturated rings. The SMILES string of the molecule is CCCOc1c(Cl)cc(-n2ccc3cc(CCC)ccc32)cc1C#N. The van der Waals surface area contributed by atoms with Crippen molar-refractivity contribution >= 4 is 22.5 Å². The molecule has 2 aromatic carbocycles. The molecule has 1 aromatic heterocycles. The first kappa shape index (κ1) is 17.4. The fourth-order valence-electron chi connectivity index (χ4n) is 3.01. The highest BCUT2D eigenvalue weighted by molar-refractivity contribution is 6.32. The number of nitriles is 1. The molecule has 128 valence electrons. The Labute approximate surface area is 153 Å². The zero-order chi connectivity index (χ0) is 17.8. The molecule has 4 heteroatoms. The number of aryl methyl sites for hydroxylation is 1. The number of benzene rings is 2. The number of ether oxygens (including phenoxy) is 1. The van der Waals surface area contributed by atoms with Crippen LogP contribution in [-0.2, 0) is 6.42 Å². The second kappa shape index (κ2) is 7.63. The molecule has 0 saturated carbocycles. The van der Waals surface area contributed by atoms with Gasteiger partial charge in [0.15, 0.2) is 5.75 Å². The monoisotopic (exact) mass is 352 g/mol. The topological polar surface area (TPSA) is 38.0 Å². The maximum Gasteiger partial charge on any atom is 0.155 e. The predicted octanol–water partition coefficient (Wildman–Crippen LogP) is 5.90. The van der Waals surface area contributed by atoms with E-state index in [0.717, 1.165) is 30.5 Å². The lowest BCUT2D eigenvalue weighted by molar-refractivity contribution is 0.316. The first-order valence-electron chi connectivity index (χ1n) is 8.64. The van der Waals surface area contributed by atoms with Gasteiger partial charge in [0, 0.05) is 17.3 Å². The Morgan fingerprint density at radius 2 is 1.96 bits per heavy atom. The van der Waals surface area contributed by atoms with Gasteiger partial charge in [-0.1, -0.05) is 37.9 Å². The van der Waals surface area contributed by atoms with Crippen LogP contribution >= 0.6 is 11.6 Å². The van der Waals surface area contributed by atoms with E-state index in [1.807, 2.05) is 25.3 Å². The summed E-state index contributed by atoms with van der Waals surface area (Å²) in [6, 6.07) is 14.5. The molecule has 0 radical (unpaired) electrons. The molecular formula is C21H21ClN2O. The summed E-state index contributed by atoms with van der Waals surface area (Å²) >= 11 is 6.39. The third-order valence-corrected chi connectivity index (χ3v) is 4.45. The van der Waals surface area contributed by atoms with Crippen LogP contribution in [0, 0.1) is 11.3 Å². The van der Waals surface area contributed by atoms with Crippen LogP contribution in [-0.4, -0.2) is 11.2 Å². The second-order valence-electron chi connectivity index (χ2n) is 6.09. The molecule has 3 nitrogen and oxygen atoms in total. The van der Waals surface area contributed by atoms with Gasteiger partial charge in [-0.15, -0.1) is 0 Å². The summed E-state index contributed by atoms with van der Waals surface area (Å²) in [5.41, 5.74) is 3.76. The lowest BCUT2D eigenvalue weighted by Gasteiger charge is -2.12. The normalized spacial score (nSPS) is 10.8. The molecule has 0 saturated heterocycles. The number of fused-ring (bicyclic) bond motifs is 1. The van der Waals surface area contributed by atoms with E-state index >= 15 is 0 Å². The molecule has 0 aliphatic carbocycles. The average molecular weight is 353 g/mol. The number of hydrogen-bond donors (Lipinski definition) is 0. The minimum atomic E-state index is 0.459. The summed E-state index contributed by atoms with van der Waals surface area (Å²) in [5.74, 6) is 0.469. The largest absolute Gasteiger partial charge is 0.491 e. The van der Waals surface area contributed by atoms with Gasteiger partial charge >= 0.3 is 0 Å². The molecule has 0 aliphatic heterocycles. The highest BCUT2D eigenvalue weighted by Gasteiger charge is 2.13. The van der Waals surface area contributed by atoms with Crippen molar-refractivity contribution in [2.45, 2.75) is 33.1 Å². The van der Waals surface area contributed by atoms with Gasteiger partial charge in [-0.3, -0.25) is 0 Å². The van der Waals surface area contributed by atoms with Crippen LogP contribution in [0.3, 0.4) is 0 Å². The Hall–Kier alpha value is -2.44. The first-order chi connectivity index (χ1) is 12.2. The fraction of sp³-hybridized carbons (Fsp3) is 0.286. The van der Waals surface area contributed by atoms with Crippen molar-refractivity contribution in [1.29, 1.82) is 5.26 Å². The van der Waals surface area contributed by atoms with E-state index < -0.39 is 0 Å². The number of aromatic nitrogens is 1. The van der Waals surface area contributed by atoms with Crippen LogP contribution in [0.5, 0.6) is 5.75 Å². The molecule has 0 atom stereocenters. The van der Waals surface area contributed by atoms with Gasteiger partial charge in [0.25, 0.3) is 0 Å². The summed E-state index contributed by atoms with van der Waals surface area (Å²) < 4.78 is 7.70. The molecule has 1 heterocycles. The fourth-order valence-corrected chi connectivity index (χ4v) is 3.28. The van der Waals surface area contributed by atoms with Gasteiger partial charge in [-0.25, -0.2) is 0 Å². The highest BCUT2D eigenvalue weighted by atomic mass is 35.5. The molecule has 0 bridgehead atoms. The van der Waals surface area contributed by atoms with E-state index in [0.29, 0.717) is 22.9 Å². The van der Waals surface area contributed by atoms with Crippen LogP contribution in [0.2, 0.25) is 5.02 Å². The van der Waals surface area contributed by atoms with Gasteiger partial charge in [0.1, 0.15) is 6.07 Å². The van der Waals surface area contributed by atoms with E-state index in [1.54, 1.807) is 0 Å². The van der Waals surface area contributed by atoms with Crippen LogP contribution in [0.1, 0.15) is 37.8 Å². The summed E-state index contributed by atoms with van der Waals surface area (Å²) in [5, 5.41) is 11.1. The Morgan fingerprint density at radius 1 is 1.12 bits per heavy atom. The molecule has 0 unspecified atom stereocenters. The maximum atomic E-state index is 9.47. The van der Waals surface area contributed by atoms with Crippen LogP contribution in [0.15, 0.2) is 42.6 Å². The molecule has 0 amide bonds. The molecule has 3 rings (SSSR count). The smallest absolute Gasteiger partial charge is 0.155 e. The Bertz CT molecular complexity index is 937. The van der Waals surface area contributed by atoms with Gasteiger partial charge in [-0.2, -0.15) is 5.26 Å². The number of halogens is 1. The predicted molar refractivity (Wildman–Crippen MR) is 103 cm³/mol.